The summed E-state index contributed by atoms with van der Waals surface area (Å²) < 4.78 is 0. The zero-order valence-corrected chi connectivity index (χ0v) is 9.58. The maximum absolute atomic E-state index is 4.07. The van der Waals surface area contributed by atoms with Crippen LogP contribution in [-0.2, 0) is 0 Å². The average Bonchev–Trinajstić information content (AvgIpc) is 2.17. The predicted octanol–water partition coefficient (Wildman–Crippen LogP) is 2.78. The van der Waals surface area contributed by atoms with Crippen LogP contribution in [0.4, 0.5) is 5.82 Å². The van der Waals surface area contributed by atoms with Crippen molar-refractivity contribution in [2.75, 3.05) is 11.9 Å². The van der Waals surface area contributed by atoms with Gasteiger partial charge in [0.05, 0.1) is 6.20 Å². The van der Waals surface area contributed by atoms with Gasteiger partial charge in [0.25, 0.3) is 0 Å². The van der Waals surface area contributed by atoms with E-state index in [0.29, 0.717) is 5.41 Å². The highest BCUT2D eigenvalue weighted by molar-refractivity contribution is 5.35. The van der Waals surface area contributed by atoms with Gasteiger partial charge in [-0.1, -0.05) is 13.3 Å². The van der Waals surface area contributed by atoms with E-state index in [1.54, 1.807) is 6.20 Å². The van der Waals surface area contributed by atoms with Gasteiger partial charge in [-0.2, -0.15) is 5.10 Å². The lowest BCUT2D eigenvalue weighted by molar-refractivity contribution is 0.145. The van der Waals surface area contributed by atoms with Crippen molar-refractivity contribution in [2.24, 2.45) is 5.41 Å². The summed E-state index contributed by atoms with van der Waals surface area (Å²) in [6, 6.07) is 2.05. The van der Waals surface area contributed by atoms with Crippen LogP contribution >= 0.6 is 0 Å². The summed E-state index contributed by atoms with van der Waals surface area (Å²) in [5, 5.41) is 11.4. The molecule has 1 aliphatic carbocycles. The predicted molar refractivity (Wildman–Crippen MR) is 61.8 cm³/mol. The summed E-state index contributed by atoms with van der Waals surface area (Å²) in [7, 11) is 0. The van der Waals surface area contributed by atoms with Crippen molar-refractivity contribution in [3.05, 3.63) is 17.8 Å². The molecule has 1 aliphatic rings. The van der Waals surface area contributed by atoms with E-state index < -0.39 is 0 Å². The third-order valence-electron chi connectivity index (χ3n) is 3.60. The van der Waals surface area contributed by atoms with E-state index in [-0.39, 0.29) is 0 Å². The smallest absolute Gasteiger partial charge is 0.148 e. The van der Waals surface area contributed by atoms with Crippen LogP contribution in [0.1, 0.15) is 38.2 Å². The summed E-state index contributed by atoms with van der Waals surface area (Å²) in [4.78, 5) is 0. The standard InChI is InChI=1S/C12H19N3/c1-3-12(5-4-6-12)9-13-11-7-10(2)8-14-15-11/h7-8H,3-6,9H2,1-2H3,(H,13,15). The molecule has 0 unspecified atom stereocenters. The second kappa shape index (κ2) is 4.17. The van der Waals surface area contributed by atoms with E-state index in [1.165, 1.54) is 25.7 Å². The molecule has 1 N–H and O–H groups in total. The van der Waals surface area contributed by atoms with Crippen LogP contribution in [0.5, 0.6) is 0 Å². The number of nitrogens with one attached hydrogen (secondary N) is 1. The Morgan fingerprint density at radius 1 is 1.47 bits per heavy atom. The van der Waals surface area contributed by atoms with E-state index in [9.17, 15) is 0 Å². The van der Waals surface area contributed by atoms with Crippen LogP contribution in [0.25, 0.3) is 0 Å². The normalized spacial score (nSPS) is 18.3. The minimum Gasteiger partial charge on any atom is -0.368 e. The third-order valence-corrected chi connectivity index (χ3v) is 3.60. The summed E-state index contributed by atoms with van der Waals surface area (Å²) >= 11 is 0. The zero-order chi connectivity index (χ0) is 10.7. The van der Waals surface area contributed by atoms with Gasteiger partial charge in [0.2, 0.25) is 0 Å². The van der Waals surface area contributed by atoms with E-state index in [4.69, 9.17) is 0 Å². The molecule has 82 valence electrons. The number of aromatic nitrogens is 2. The average molecular weight is 205 g/mol. The summed E-state index contributed by atoms with van der Waals surface area (Å²) in [6.07, 6.45) is 7.14. The molecule has 1 aromatic heterocycles. The van der Waals surface area contributed by atoms with Crippen LogP contribution in [0, 0.1) is 12.3 Å². The largest absolute Gasteiger partial charge is 0.368 e. The van der Waals surface area contributed by atoms with E-state index in [1.807, 2.05) is 6.92 Å². The first-order valence-electron chi connectivity index (χ1n) is 5.77. The third kappa shape index (κ3) is 2.28. The van der Waals surface area contributed by atoms with Crippen molar-refractivity contribution in [3.63, 3.8) is 0 Å². The first-order chi connectivity index (χ1) is 7.24. The Morgan fingerprint density at radius 3 is 2.80 bits per heavy atom. The molecule has 0 atom stereocenters. The fourth-order valence-electron chi connectivity index (χ4n) is 2.16. The highest BCUT2D eigenvalue weighted by atomic mass is 15.2. The van der Waals surface area contributed by atoms with Crippen LogP contribution in [0.2, 0.25) is 0 Å². The van der Waals surface area contributed by atoms with Crippen molar-refractivity contribution in [2.45, 2.75) is 39.5 Å². The monoisotopic (exact) mass is 205 g/mol. The van der Waals surface area contributed by atoms with Gasteiger partial charge >= 0.3 is 0 Å². The summed E-state index contributed by atoms with van der Waals surface area (Å²) in [5.74, 6) is 0.912. The minimum atomic E-state index is 0.533. The fraction of sp³-hybridized carbons (Fsp3) is 0.667. The molecule has 0 aromatic carbocycles. The Bertz CT molecular complexity index is 326. The SMILES string of the molecule is CCC1(CNc2cc(C)cnn2)CCC1. The Morgan fingerprint density at radius 2 is 2.27 bits per heavy atom. The summed E-state index contributed by atoms with van der Waals surface area (Å²) in [5.41, 5.74) is 1.69. The second-order valence-corrected chi connectivity index (χ2v) is 4.68. The maximum Gasteiger partial charge on any atom is 0.148 e. The molecule has 15 heavy (non-hydrogen) atoms. The molecule has 0 radical (unpaired) electrons. The number of anilines is 1. The van der Waals surface area contributed by atoms with Crippen LogP contribution in [0.15, 0.2) is 12.3 Å². The van der Waals surface area contributed by atoms with Gasteiger partial charge in [-0.25, -0.2) is 0 Å². The van der Waals surface area contributed by atoms with Crippen LogP contribution in [-0.4, -0.2) is 16.7 Å². The van der Waals surface area contributed by atoms with E-state index >= 15 is 0 Å². The maximum atomic E-state index is 4.07. The first-order valence-corrected chi connectivity index (χ1v) is 5.77. The highest BCUT2D eigenvalue weighted by Gasteiger charge is 2.34. The molecule has 0 saturated heterocycles. The van der Waals surface area contributed by atoms with Crippen LogP contribution in [0.3, 0.4) is 0 Å². The Hall–Kier alpha value is -1.12. The molecule has 0 spiro atoms. The number of hydrogen-bond donors (Lipinski definition) is 1. The molecule has 1 aromatic rings. The van der Waals surface area contributed by atoms with E-state index in [0.717, 1.165) is 17.9 Å². The molecule has 1 fully saturated rings. The minimum absolute atomic E-state index is 0.533. The van der Waals surface area contributed by atoms with Crippen molar-refractivity contribution in [1.82, 2.24) is 10.2 Å². The molecular weight excluding hydrogens is 186 g/mol. The van der Waals surface area contributed by atoms with Gasteiger partial charge in [0.15, 0.2) is 0 Å². The molecular formula is C12H19N3. The van der Waals surface area contributed by atoms with Gasteiger partial charge in [0, 0.05) is 6.54 Å². The Labute approximate surface area is 91.3 Å². The molecule has 0 aliphatic heterocycles. The lowest BCUT2D eigenvalue weighted by Crippen LogP contribution is -2.36. The first kappa shape index (κ1) is 10.4. The lowest BCUT2D eigenvalue weighted by atomic mass is 9.67. The van der Waals surface area contributed by atoms with Crippen molar-refractivity contribution in [3.8, 4) is 0 Å². The molecule has 1 saturated carbocycles. The van der Waals surface area contributed by atoms with Crippen LogP contribution < -0.4 is 5.32 Å². The number of rotatable bonds is 4. The molecule has 3 heteroatoms. The van der Waals surface area contributed by atoms with Gasteiger partial charge in [0.1, 0.15) is 5.82 Å². The van der Waals surface area contributed by atoms with Crippen molar-refractivity contribution >= 4 is 5.82 Å². The van der Waals surface area contributed by atoms with Gasteiger partial charge in [-0.3, -0.25) is 0 Å². The lowest BCUT2D eigenvalue weighted by Gasteiger charge is -2.41. The van der Waals surface area contributed by atoms with Crippen molar-refractivity contribution in [1.29, 1.82) is 0 Å². The van der Waals surface area contributed by atoms with Gasteiger partial charge in [-0.05, 0) is 43.2 Å². The van der Waals surface area contributed by atoms with Crippen molar-refractivity contribution < 1.29 is 0 Å². The van der Waals surface area contributed by atoms with Gasteiger partial charge < -0.3 is 5.32 Å². The Balaban J connectivity index is 1.92. The molecule has 2 rings (SSSR count). The molecule has 0 bridgehead atoms. The number of hydrogen-bond acceptors (Lipinski definition) is 3. The summed E-state index contributed by atoms with van der Waals surface area (Å²) in [6.45, 7) is 5.36. The fourth-order valence-corrected chi connectivity index (χ4v) is 2.16. The Kier molecular flexibility index (Phi) is 2.89. The topological polar surface area (TPSA) is 37.8 Å². The van der Waals surface area contributed by atoms with E-state index in [2.05, 4.69) is 28.5 Å². The highest BCUT2D eigenvalue weighted by Crippen LogP contribution is 2.43. The molecule has 0 amide bonds. The molecule has 1 heterocycles. The number of aryl methyl sites for hydroxylation is 1. The van der Waals surface area contributed by atoms with Gasteiger partial charge in [-0.15, -0.1) is 5.10 Å². The zero-order valence-electron chi connectivity index (χ0n) is 9.58. The number of nitrogens with zero attached hydrogens (tertiary/aromatic N) is 2. The molecule has 3 nitrogen and oxygen atoms in total. The second-order valence-electron chi connectivity index (χ2n) is 4.68. The quantitative estimate of drug-likeness (QED) is 0.821.